The van der Waals surface area contributed by atoms with Crippen molar-refractivity contribution < 1.29 is 12.8 Å². The van der Waals surface area contributed by atoms with Crippen molar-refractivity contribution in [3.8, 4) is 11.1 Å². The van der Waals surface area contributed by atoms with E-state index < -0.39 is 21.2 Å². The number of hydrogen-bond acceptors (Lipinski definition) is 9. The van der Waals surface area contributed by atoms with Crippen LogP contribution in [-0.2, 0) is 16.4 Å². The molecule has 12 heteroatoms. The number of sulfone groups is 1. The lowest BCUT2D eigenvalue weighted by Crippen LogP contribution is -2.28. The smallest absolute Gasteiger partial charge is 0.260 e. The number of benzene rings is 2. The van der Waals surface area contributed by atoms with Gasteiger partial charge in [0.05, 0.1) is 16.2 Å². The Morgan fingerprint density at radius 1 is 1.00 bits per heavy atom. The van der Waals surface area contributed by atoms with E-state index in [1.165, 1.54) is 22.3 Å². The molecule has 1 aliphatic heterocycles. The molecule has 2 aromatic carbocycles. The molecular formula is C32H40FN7O3S. The first-order valence-corrected chi connectivity index (χ1v) is 16.3. The highest BCUT2D eigenvalue weighted by Crippen LogP contribution is 2.29. The van der Waals surface area contributed by atoms with Crippen molar-refractivity contribution in [2.75, 3.05) is 72.5 Å². The van der Waals surface area contributed by atoms with Crippen LogP contribution in [0.1, 0.15) is 17.9 Å². The first-order chi connectivity index (χ1) is 20.9. The van der Waals surface area contributed by atoms with Gasteiger partial charge in [-0.15, -0.1) is 0 Å². The monoisotopic (exact) mass is 621 g/mol. The van der Waals surface area contributed by atoms with E-state index in [1.807, 2.05) is 31.1 Å². The number of nitrogens with zero attached hydrogens (tertiary/aromatic N) is 6. The molecule has 0 amide bonds. The lowest BCUT2D eigenvalue weighted by atomic mass is 9.98. The first-order valence-electron chi connectivity index (χ1n) is 14.7. The van der Waals surface area contributed by atoms with E-state index >= 15 is 4.39 Å². The van der Waals surface area contributed by atoms with Crippen LogP contribution in [0.2, 0.25) is 0 Å². The van der Waals surface area contributed by atoms with Crippen molar-refractivity contribution in [3.05, 3.63) is 76.5 Å². The van der Waals surface area contributed by atoms with Crippen LogP contribution in [0.15, 0.2) is 64.4 Å². The molecule has 1 fully saturated rings. The lowest BCUT2D eigenvalue weighted by Gasteiger charge is -2.16. The van der Waals surface area contributed by atoms with Crippen molar-refractivity contribution in [1.29, 1.82) is 0 Å². The highest BCUT2D eigenvalue weighted by molar-refractivity contribution is 7.91. The summed E-state index contributed by atoms with van der Waals surface area (Å²) in [6.07, 6.45) is 2.76. The van der Waals surface area contributed by atoms with Crippen LogP contribution in [0, 0.1) is 5.82 Å². The third-order valence-electron chi connectivity index (χ3n) is 8.02. The number of nitrogens with one attached hydrogen (secondary N) is 1. The summed E-state index contributed by atoms with van der Waals surface area (Å²) >= 11 is 0. The van der Waals surface area contributed by atoms with Gasteiger partial charge < -0.3 is 20.0 Å². The Balaban J connectivity index is 1.48. The summed E-state index contributed by atoms with van der Waals surface area (Å²) in [7, 11) is 5.81. The van der Waals surface area contributed by atoms with E-state index in [0.29, 0.717) is 42.5 Å². The Morgan fingerprint density at radius 2 is 1.73 bits per heavy atom. The van der Waals surface area contributed by atoms with Crippen LogP contribution in [-0.4, -0.2) is 105 Å². The average molecular weight is 622 g/mol. The van der Waals surface area contributed by atoms with Gasteiger partial charge in [0.15, 0.2) is 9.84 Å². The summed E-state index contributed by atoms with van der Waals surface area (Å²) in [5, 5.41) is 3.81. The van der Waals surface area contributed by atoms with Crippen LogP contribution in [0.4, 0.5) is 16.0 Å². The Kier molecular flexibility index (Phi) is 9.45. The van der Waals surface area contributed by atoms with E-state index in [0.717, 1.165) is 31.3 Å². The van der Waals surface area contributed by atoms with E-state index in [2.05, 4.69) is 34.4 Å². The zero-order valence-corrected chi connectivity index (χ0v) is 26.7. The summed E-state index contributed by atoms with van der Waals surface area (Å²) < 4.78 is 42.5. The predicted molar refractivity (Wildman–Crippen MR) is 173 cm³/mol. The van der Waals surface area contributed by atoms with Crippen molar-refractivity contribution in [2.45, 2.75) is 23.8 Å². The highest BCUT2D eigenvalue weighted by Gasteiger charge is 2.22. The molecule has 0 aliphatic carbocycles. The molecular weight excluding hydrogens is 581 g/mol. The van der Waals surface area contributed by atoms with Gasteiger partial charge in [-0.2, -0.15) is 4.98 Å². The maximum Gasteiger partial charge on any atom is 0.260 e. The van der Waals surface area contributed by atoms with E-state index in [9.17, 15) is 13.2 Å². The molecule has 1 aliphatic rings. The van der Waals surface area contributed by atoms with Gasteiger partial charge in [0.25, 0.3) is 5.56 Å². The van der Waals surface area contributed by atoms with Gasteiger partial charge in [0.1, 0.15) is 11.5 Å². The quantitative estimate of drug-likeness (QED) is 0.269. The molecule has 0 bridgehead atoms. The maximum atomic E-state index is 15.5. The predicted octanol–water partition coefficient (Wildman–Crippen LogP) is 3.66. The zero-order chi connectivity index (χ0) is 31.6. The molecule has 3 heterocycles. The minimum absolute atomic E-state index is 0.0258. The molecule has 44 heavy (non-hydrogen) atoms. The number of halogens is 1. The molecule has 1 N–H and O–H groups in total. The minimum Gasteiger partial charge on any atom is -0.324 e. The fourth-order valence-electron chi connectivity index (χ4n) is 5.42. The van der Waals surface area contributed by atoms with Gasteiger partial charge in [-0.1, -0.05) is 12.1 Å². The van der Waals surface area contributed by atoms with Crippen LogP contribution in [0.25, 0.3) is 22.2 Å². The number of pyridine rings is 1. The van der Waals surface area contributed by atoms with Gasteiger partial charge in [-0.25, -0.2) is 17.8 Å². The molecule has 1 atom stereocenters. The highest BCUT2D eigenvalue weighted by atomic mass is 32.2. The van der Waals surface area contributed by atoms with Crippen LogP contribution < -0.4 is 10.9 Å². The maximum absolute atomic E-state index is 15.5. The van der Waals surface area contributed by atoms with Gasteiger partial charge in [0, 0.05) is 49.0 Å². The Bertz CT molecular complexity index is 1810. The normalized spacial score (nSPS) is 16.0. The molecule has 234 valence electrons. The molecule has 10 nitrogen and oxygen atoms in total. The van der Waals surface area contributed by atoms with Gasteiger partial charge in [-0.3, -0.25) is 9.36 Å². The summed E-state index contributed by atoms with van der Waals surface area (Å²) in [4.78, 5) is 28.9. The molecule has 0 spiro atoms. The lowest BCUT2D eigenvalue weighted by molar-refractivity contribution is 0.384. The molecule has 0 saturated carbocycles. The standard InChI is InChI=1S/C32H40FN7O3S/c1-37(2)14-15-40-30-24(20-34-32(36-30)35-25-8-6-22(7-9-25)23-12-13-39(5)21-23)18-28(31(40)41)27-11-10-26(19-29(27)33)44(42,43)17-16-38(3)4/h6-11,18-20,23H,12-17,21H2,1-5H3,(H,34,35,36). The summed E-state index contributed by atoms with van der Waals surface area (Å²) in [6.45, 7) is 3.33. The number of rotatable bonds is 11. The van der Waals surface area contributed by atoms with Gasteiger partial charge >= 0.3 is 0 Å². The Labute approximate surface area is 258 Å². The van der Waals surface area contributed by atoms with Gasteiger partial charge in [-0.05, 0) is 96.1 Å². The zero-order valence-electron chi connectivity index (χ0n) is 25.9. The number of anilines is 2. The van der Waals surface area contributed by atoms with E-state index in [-0.39, 0.29) is 21.8 Å². The molecule has 0 radical (unpaired) electrons. The summed E-state index contributed by atoms with van der Waals surface area (Å²) in [6, 6.07) is 13.6. The van der Waals surface area contributed by atoms with Crippen molar-refractivity contribution in [3.63, 3.8) is 0 Å². The minimum atomic E-state index is -3.69. The first kappa shape index (κ1) is 31.7. The molecule has 2 aromatic heterocycles. The van der Waals surface area contributed by atoms with Crippen LogP contribution in [0.3, 0.4) is 0 Å². The number of aromatic nitrogens is 3. The van der Waals surface area contributed by atoms with Crippen molar-refractivity contribution in [2.24, 2.45) is 0 Å². The van der Waals surface area contributed by atoms with Crippen LogP contribution in [0.5, 0.6) is 0 Å². The number of fused-ring (bicyclic) bond motifs is 1. The summed E-state index contributed by atoms with van der Waals surface area (Å²) in [5.41, 5.74) is 2.28. The second-order valence-corrected chi connectivity index (χ2v) is 14.2. The van der Waals surface area contributed by atoms with Crippen molar-refractivity contribution >= 4 is 32.5 Å². The summed E-state index contributed by atoms with van der Waals surface area (Å²) in [5.74, 6) is -0.0458. The number of likely N-dealkylation sites (tertiary alicyclic amines) is 1. The van der Waals surface area contributed by atoms with Crippen LogP contribution >= 0.6 is 0 Å². The number of likely N-dealkylation sites (N-methyl/N-ethyl adjacent to an activating group) is 2. The van der Waals surface area contributed by atoms with Gasteiger partial charge in [0.2, 0.25) is 5.95 Å². The Hall–Kier alpha value is -3.71. The largest absolute Gasteiger partial charge is 0.324 e. The fraction of sp³-hybridized carbons (Fsp3) is 0.406. The molecule has 1 unspecified atom stereocenters. The topological polar surface area (TPSA) is 104 Å². The molecule has 4 aromatic rings. The van der Waals surface area contributed by atoms with E-state index in [4.69, 9.17) is 4.98 Å². The fourth-order valence-corrected chi connectivity index (χ4v) is 6.82. The molecule has 5 rings (SSSR count). The average Bonchev–Trinajstić information content (AvgIpc) is 3.42. The second-order valence-electron chi connectivity index (χ2n) is 12.0. The third kappa shape index (κ3) is 7.15. The van der Waals surface area contributed by atoms with E-state index in [1.54, 1.807) is 31.3 Å². The third-order valence-corrected chi connectivity index (χ3v) is 9.72. The second kappa shape index (κ2) is 13.1. The van der Waals surface area contributed by atoms with Crippen molar-refractivity contribution in [1.82, 2.24) is 29.2 Å². The Morgan fingerprint density at radius 3 is 2.36 bits per heavy atom. The SMILES string of the molecule is CN(C)CCn1c(=O)c(-c2ccc(S(=O)(=O)CCN(C)C)cc2F)cc2cnc(Nc3ccc(C4CCN(C)C4)cc3)nc21. The molecule has 1 saturated heterocycles. The number of hydrogen-bond donors (Lipinski definition) is 1.